The SMILES string of the molecule is Cc1ccccc1NS(=O)(=O)c1cc(-c2ccc(=O)[nH]n2)cs1. The van der Waals surface area contributed by atoms with Crippen molar-refractivity contribution in [1.29, 1.82) is 0 Å². The summed E-state index contributed by atoms with van der Waals surface area (Å²) in [5.74, 6) is 0. The van der Waals surface area contributed by atoms with Crippen molar-refractivity contribution in [3.05, 3.63) is 63.8 Å². The van der Waals surface area contributed by atoms with Crippen LogP contribution in [-0.4, -0.2) is 18.6 Å². The van der Waals surface area contributed by atoms with Crippen LogP contribution in [0.5, 0.6) is 0 Å². The molecular formula is C15H13N3O3S2. The van der Waals surface area contributed by atoms with Gasteiger partial charge in [0.2, 0.25) is 0 Å². The van der Waals surface area contributed by atoms with Gasteiger partial charge in [0.25, 0.3) is 15.6 Å². The lowest BCUT2D eigenvalue weighted by Gasteiger charge is -2.08. The summed E-state index contributed by atoms with van der Waals surface area (Å²) in [4.78, 5) is 11.0. The lowest BCUT2D eigenvalue weighted by atomic mass is 10.2. The minimum Gasteiger partial charge on any atom is -0.279 e. The summed E-state index contributed by atoms with van der Waals surface area (Å²) in [5, 5.41) is 7.91. The van der Waals surface area contributed by atoms with E-state index in [1.807, 2.05) is 19.1 Å². The Balaban J connectivity index is 1.91. The molecule has 0 fully saturated rings. The first-order chi connectivity index (χ1) is 11.0. The van der Waals surface area contributed by atoms with Gasteiger partial charge in [0.1, 0.15) is 4.21 Å². The van der Waals surface area contributed by atoms with Crippen LogP contribution in [0.25, 0.3) is 11.3 Å². The summed E-state index contributed by atoms with van der Waals surface area (Å²) in [7, 11) is -3.66. The second-order valence-corrected chi connectivity index (χ2v) is 7.70. The quantitative estimate of drug-likeness (QED) is 0.759. The number of benzene rings is 1. The fourth-order valence-electron chi connectivity index (χ4n) is 1.98. The summed E-state index contributed by atoms with van der Waals surface area (Å²) in [5.41, 5.74) is 2.23. The van der Waals surface area contributed by atoms with Crippen LogP contribution in [0.2, 0.25) is 0 Å². The van der Waals surface area contributed by atoms with E-state index in [1.165, 1.54) is 12.1 Å². The van der Waals surface area contributed by atoms with E-state index < -0.39 is 10.0 Å². The molecule has 8 heteroatoms. The molecule has 6 nitrogen and oxygen atoms in total. The van der Waals surface area contributed by atoms with Gasteiger partial charge in [-0.1, -0.05) is 18.2 Å². The number of anilines is 1. The Morgan fingerprint density at radius 2 is 1.96 bits per heavy atom. The standard InChI is InChI=1S/C15H13N3O3S2/c1-10-4-2-3-5-12(10)18-23(20,21)15-8-11(9-22-15)13-6-7-14(19)17-16-13/h2-9,18H,1H3,(H,17,19). The number of nitrogens with zero attached hydrogens (tertiary/aromatic N) is 1. The summed E-state index contributed by atoms with van der Waals surface area (Å²) in [6.45, 7) is 1.84. The Bertz CT molecular complexity index is 986. The molecule has 118 valence electrons. The van der Waals surface area contributed by atoms with Crippen LogP contribution in [0.3, 0.4) is 0 Å². The molecule has 0 aliphatic rings. The molecule has 3 aromatic rings. The number of para-hydroxylation sites is 1. The lowest BCUT2D eigenvalue weighted by Crippen LogP contribution is -2.12. The first-order valence-corrected chi connectivity index (χ1v) is 9.05. The number of thiophene rings is 1. The van der Waals surface area contributed by atoms with Crippen molar-refractivity contribution in [2.45, 2.75) is 11.1 Å². The first kappa shape index (κ1) is 15.4. The van der Waals surface area contributed by atoms with Crippen molar-refractivity contribution in [1.82, 2.24) is 10.2 Å². The number of aromatic amines is 1. The van der Waals surface area contributed by atoms with Gasteiger partial charge in [0, 0.05) is 17.0 Å². The molecule has 23 heavy (non-hydrogen) atoms. The molecule has 0 bridgehead atoms. The van der Waals surface area contributed by atoms with Crippen molar-refractivity contribution >= 4 is 27.0 Å². The fourth-order valence-corrected chi connectivity index (χ4v) is 4.28. The van der Waals surface area contributed by atoms with Gasteiger partial charge < -0.3 is 0 Å². The minimum absolute atomic E-state index is 0.184. The first-order valence-electron chi connectivity index (χ1n) is 6.69. The highest BCUT2D eigenvalue weighted by atomic mass is 32.2. The second-order valence-electron chi connectivity index (χ2n) is 4.88. The number of hydrogen-bond donors (Lipinski definition) is 2. The zero-order valence-electron chi connectivity index (χ0n) is 12.1. The summed E-state index contributed by atoms with van der Waals surface area (Å²) < 4.78 is 27.7. The Morgan fingerprint density at radius 3 is 2.65 bits per heavy atom. The van der Waals surface area contributed by atoms with Crippen LogP contribution < -0.4 is 10.3 Å². The highest BCUT2D eigenvalue weighted by Gasteiger charge is 2.18. The Hall–Kier alpha value is -2.45. The van der Waals surface area contributed by atoms with Crippen molar-refractivity contribution in [2.24, 2.45) is 0 Å². The van der Waals surface area contributed by atoms with E-state index in [2.05, 4.69) is 14.9 Å². The topological polar surface area (TPSA) is 91.9 Å². The van der Waals surface area contributed by atoms with E-state index in [-0.39, 0.29) is 9.77 Å². The molecule has 3 rings (SSSR count). The van der Waals surface area contributed by atoms with Crippen LogP contribution in [0.15, 0.2) is 56.8 Å². The second kappa shape index (κ2) is 5.98. The molecule has 2 aromatic heterocycles. The van der Waals surface area contributed by atoms with Gasteiger partial charge in [-0.15, -0.1) is 11.3 Å². The molecule has 0 aliphatic heterocycles. The van der Waals surface area contributed by atoms with E-state index >= 15 is 0 Å². The van der Waals surface area contributed by atoms with Gasteiger partial charge in [-0.25, -0.2) is 13.5 Å². The third kappa shape index (κ3) is 3.33. The summed E-state index contributed by atoms with van der Waals surface area (Å²) in [6.07, 6.45) is 0. The maximum atomic E-state index is 12.5. The zero-order chi connectivity index (χ0) is 16.4. The van der Waals surface area contributed by atoms with Gasteiger partial charge in [-0.05, 0) is 30.7 Å². The largest absolute Gasteiger partial charge is 0.279 e. The molecule has 0 unspecified atom stereocenters. The van der Waals surface area contributed by atoms with Crippen molar-refractivity contribution in [2.75, 3.05) is 4.72 Å². The Kier molecular flexibility index (Phi) is 4.01. The smallest absolute Gasteiger partial charge is 0.271 e. The fraction of sp³-hybridized carbons (Fsp3) is 0.0667. The molecule has 0 saturated carbocycles. The van der Waals surface area contributed by atoms with Gasteiger partial charge in [0.05, 0.1) is 11.4 Å². The summed E-state index contributed by atoms with van der Waals surface area (Å²) >= 11 is 1.10. The predicted molar refractivity (Wildman–Crippen MR) is 90.2 cm³/mol. The molecule has 0 atom stereocenters. The van der Waals surface area contributed by atoms with Gasteiger partial charge in [-0.2, -0.15) is 5.10 Å². The van der Waals surface area contributed by atoms with Crippen LogP contribution in [0.1, 0.15) is 5.56 Å². The van der Waals surface area contributed by atoms with Crippen LogP contribution >= 0.6 is 11.3 Å². The molecule has 2 heterocycles. The van der Waals surface area contributed by atoms with Crippen LogP contribution in [0.4, 0.5) is 5.69 Å². The Labute approximate surface area is 136 Å². The molecular weight excluding hydrogens is 334 g/mol. The number of aromatic nitrogens is 2. The average molecular weight is 347 g/mol. The van der Waals surface area contributed by atoms with Gasteiger partial charge in [-0.3, -0.25) is 9.52 Å². The monoisotopic (exact) mass is 347 g/mol. The lowest BCUT2D eigenvalue weighted by molar-refractivity contribution is 0.603. The number of sulfonamides is 1. The number of aryl methyl sites for hydroxylation is 1. The predicted octanol–water partition coefficient (Wildman–Crippen LogP) is 2.61. The van der Waals surface area contributed by atoms with E-state index in [9.17, 15) is 13.2 Å². The molecule has 0 saturated heterocycles. The number of rotatable bonds is 4. The minimum atomic E-state index is -3.66. The maximum Gasteiger partial charge on any atom is 0.271 e. The molecule has 0 aliphatic carbocycles. The van der Waals surface area contributed by atoms with Gasteiger partial charge in [0.15, 0.2) is 0 Å². The zero-order valence-corrected chi connectivity index (χ0v) is 13.7. The Morgan fingerprint density at radius 1 is 1.17 bits per heavy atom. The van der Waals surface area contributed by atoms with Crippen molar-refractivity contribution in [3.8, 4) is 11.3 Å². The molecule has 0 radical (unpaired) electrons. The van der Waals surface area contributed by atoms with Crippen LogP contribution in [-0.2, 0) is 10.0 Å². The molecule has 0 amide bonds. The third-order valence-corrected chi connectivity index (χ3v) is 6.01. The van der Waals surface area contributed by atoms with Gasteiger partial charge >= 0.3 is 0 Å². The van der Waals surface area contributed by atoms with E-state index in [1.54, 1.807) is 23.6 Å². The van der Waals surface area contributed by atoms with Crippen LogP contribution in [0, 0.1) is 6.92 Å². The summed E-state index contributed by atoms with van der Waals surface area (Å²) in [6, 6.07) is 11.6. The highest BCUT2D eigenvalue weighted by Crippen LogP contribution is 2.28. The van der Waals surface area contributed by atoms with Crippen molar-refractivity contribution < 1.29 is 8.42 Å². The molecule has 2 N–H and O–H groups in total. The van der Waals surface area contributed by atoms with E-state index in [0.717, 1.165) is 16.9 Å². The maximum absolute atomic E-state index is 12.5. The van der Waals surface area contributed by atoms with E-state index in [0.29, 0.717) is 16.9 Å². The average Bonchev–Trinajstić information content (AvgIpc) is 3.01. The number of hydrogen-bond acceptors (Lipinski definition) is 5. The number of nitrogens with one attached hydrogen (secondary N) is 2. The van der Waals surface area contributed by atoms with Crippen molar-refractivity contribution in [3.63, 3.8) is 0 Å². The third-order valence-electron chi connectivity index (χ3n) is 3.20. The highest BCUT2D eigenvalue weighted by molar-refractivity contribution is 7.94. The normalized spacial score (nSPS) is 11.3. The molecule has 1 aromatic carbocycles. The number of H-pyrrole nitrogens is 1. The molecule has 0 spiro atoms. The van der Waals surface area contributed by atoms with E-state index in [4.69, 9.17) is 0 Å².